The summed E-state index contributed by atoms with van der Waals surface area (Å²) in [5.41, 5.74) is 2.13. The molecule has 1 heterocycles. The molecule has 0 fully saturated rings. The van der Waals surface area contributed by atoms with Crippen LogP contribution in [0.3, 0.4) is 0 Å². The Labute approximate surface area is 125 Å². The number of halogens is 1. The fourth-order valence-corrected chi connectivity index (χ4v) is 1.75. The molecule has 2 aromatic rings. The smallest absolute Gasteiger partial charge is 0.119 e. The van der Waals surface area contributed by atoms with Crippen molar-refractivity contribution in [1.82, 2.24) is 9.78 Å². The lowest BCUT2D eigenvalue weighted by Gasteiger charge is -2.06. The van der Waals surface area contributed by atoms with Crippen molar-refractivity contribution in [3.8, 4) is 5.75 Å². The van der Waals surface area contributed by atoms with E-state index in [1.165, 1.54) is 5.56 Å². The second-order valence-corrected chi connectivity index (χ2v) is 4.15. The van der Waals surface area contributed by atoms with Crippen molar-refractivity contribution >= 4 is 18.1 Å². The molecule has 0 aliphatic heterocycles. The second-order valence-electron chi connectivity index (χ2n) is 4.15. The summed E-state index contributed by atoms with van der Waals surface area (Å²) in [6.07, 6.45) is 3.63. The van der Waals surface area contributed by atoms with Crippen molar-refractivity contribution < 1.29 is 9.84 Å². The largest absolute Gasteiger partial charge is 0.494 e. The molecule has 1 aromatic heterocycles. The number of rotatable bonds is 7. The van der Waals surface area contributed by atoms with Gasteiger partial charge in [0.1, 0.15) is 5.75 Å². The summed E-state index contributed by atoms with van der Waals surface area (Å²) in [4.78, 5) is 0. The van der Waals surface area contributed by atoms with Gasteiger partial charge in [-0.05, 0) is 24.6 Å². The number of nitrogens with zero attached hydrogens (tertiary/aromatic N) is 2. The molecular formula is C14H20ClN3O2. The maximum absolute atomic E-state index is 8.81. The first-order valence-electron chi connectivity index (χ1n) is 6.40. The molecule has 20 heavy (non-hydrogen) atoms. The maximum atomic E-state index is 8.81. The van der Waals surface area contributed by atoms with E-state index < -0.39 is 0 Å². The number of anilines is 1. The quantitative estimate of drug-likeness (QED) is 0.823. The predicted molar refractivity (Wildman–Crippen MR) is 81.5 cm³/mol. The minimum absolute atomic E-state index is 0. The fourth-order valence-electron chi connectivity index (χ4n) is 1.75. The SMILES string of the molecule is CCOc1ccc(CNc2cnn(CCO)c2)cc1.Cl. The molecule has 0 spiro atoms. The van der Waals surface area contributed by atoms with Crippen molar-refractivity contribution in [2.24, 2.45) is 0 Å². The van der Waals surface area contributed by atoms with Crippen LogP contribution in [0, 0.1) is 0 Å². The topological polar surface area (TPSA) is 59.3 Å². The molecule has 1 aromatic carbocycles. The van der Waals surface area contributed by atoms with E-state index in [-0.39, 0.29) is 19.0 Å². The molecule has 0 aliphatic carbocycles. The Morgan fingerprint density at radius 2 is 2.05 bits per heavy atom. The van der Waals surface area contributed by atoms with Gasteiger partial charge in [-0.3, -0.25) is 4.68 Å². The van der Waals surface area contributed by atoms with Crippen LogP contribution in [0.2, 0.25) is 0 Å². The molecule has 0 saturated carbocycles. The van der Waals surface area contributed by atoms with Crippen LogP contribution >= 0.6 is 12.4 Å². The summed E-state index contributed by atoms with van der Waals surface area (Å²) in [5.74, 6) is 0.891. The average molecular weight is 298 g/mol. The minimum atomic E-state index is 0. The molecule has 0 unspecified atom stereocenters. The third-order valence-electron chi connectivity index (χ3n) is 2.69. The number of hydrogen-bond donors (Lipinski definition) is 2. The van der Waals surface area contributed by atoms with Crippen LogP contribution in [0.4, 0.5) is 5.69 Å². The standard InChI is InChI=1S/C14H19N3O2.ClH/c1-2-19-14-5-3-12(4-6-14)9-15-13-10-16-17(11-13)7-8-18;/h3-6,10-11,15,18H,2,7-9H2,1H3;1H. The van der Waals surface area contributed by atoms with Crippen LogP contribution < -0.4 is 10.1 Å². The first-order chi connectivity index (χ1) is 9.31. The fraction of sp³-hybridized carbons (Fsp3) is 0.357. The molecule has 5 nitrogen and oxygen atoms in total. The lowest BCUT2D eigenvalue weighted by atomic mass is 10.2. The Kier molecular flexibility index (Phi) is 6.90. The van der Waals surface area contributed by atoms with Crippen molar-refractivity contribution in [2.75, 3.05) is 18.5 Å². The molecule has 2 N–H and O–H groups in total. The Morgan fingerprint density at radius 3 is 2.70 bits per heavy atom. The van der Waals surface area contributed by atoms with E-state index >= 15 is 0 Å². The summed E-state index contributed by atoms with van der Waals surface area (Å²) in [6, 6.07) is 8.01. The van der Waals surface area contributed by atoms with E-state index in [4.69, 9.17) is 9.84 Å². The summed E-state index contributed by atoms with van der Waals surface area (Å²) in [7, 11) is 0. The monoisotopic (exact) mass is 297 g/mol. The van der Waals surface area contributed by atoms with Crippen LogP contribution in [0.25, 0.3) is 0 Å². The number of aliphatic hydroxyl groups is 1. The van der Waals surface area contributed by atoms with Crippen molar-refractivity contribution in [1.29, 1.82) is 0 Å². The van der Waals surface area contributed by atoms with Gasteiger partial charge in [0.15, 0.2) is 0 Å². The van der Waals surface area contributed by atoms with Gasteiger partial charge in [0.25, 0.3) is 0 Å². The summed E-state index contributed by atoms with van der Waals surface area (Å²) in [5, 5.41) is 16.2. The molecule has 0 atom stereocenters. The van der Waals surface area contributed by atoms with Gasteiger partial charge in [-0.15, -0.1) is 12.4 Å². The van der Waals surface area contributed by atoms with Gasteiger partial charge in [0.05, 0.1) is 31.6 Å². The highest BCUT2D eigenvalue weighted by Crippen LogP contribution is 2.13. The molecule has 6 heteroatoms. The second kappa shape index (κ2) is 8.45. The number of nitrogens with one attached hydrogen (secondary N) is 1. The van der Waals surface area contributed by atoms with E-state index in [1.54, 1.807) is 10.9 Å². The lowest BCUT2D eigenvalue weighted by molar-refractivity contribution is 0.269. The Balaban J connectivity index is 0.00000200. The summed E-state index contributed by atoms with van der Waals surface area (Å²) >= 11 is 0. The minimum Gasteiger partial charge on any atom is -0.494 e. The summed E-state index contributed by atoms with van der Waals surface area (Å²) in [6.45, 7) is 4.00. The van der Waals surface area contributed by atoms with Gasteiger partial charge in [-0.1, -0.05) is 12.1 Å². The van der Waals surface area contributed by atoms with Crippen molar-refractivity contribution in [3.63, 3.8) is 0 Å². The van der Waals surface area contributed by atoms with Crippen molar-refractivity contribution in [2.45, 2.75) is 20.0 Å². The highest BCUT2D eigenvalue weighted by molar-refractivity contribution is 5.85. The molecule has 0 saturated heterocycles. The van der Waals surface area contributed by atoms with E-state index in [0.29, 0.717) is 13.2 Å². The van der Waals surface area contributed by atoms with Gasteiger partial charge in [-0.25, -0.2) is 0 Å². The number of aliphatic hydroxyl groups excluding tert-OH is 1. The number of ether oxygens (including phenoxy) is 1. The van der Waals surface area contributed by atoms with Crippen LogP contribution in [0.1, 0.15) is 12.5 Å². The third kappa shape index (κ3) is 4.75. The molecular weight excluding hydrogens is 278 g/mol. The number of hydrogen-bond acceptors (Lipinski definition) is 4. The predicted octanol–water partition coefficient (Wildman–Crippen LogP) is 2.31. The maximum Gasteiger partial charge on any atom is 0.119 e. The van der Waals surface area contributed by atoms with Crippen molar-refractivity contribution in [3.05, 3.63) is 42.2 Å². The van der Waals surface area contributed by atoms with Crippen LogP contribution in [0.5, 0.6) is 5.75 Å². The Hall–Kier alpha value is -1.72. The zero-order valence-corrected chi connectivity index (χ0v) is 12.3. The van der Waals surface area contributed by atoms with Gasteiger partial charge >= 0.3 is 0 Å². The summed E-state index contributed by atoms with van der Waals surface area (Å²) < 4.78 is 7.11. The highest BCUT2D eigenvalue weighted by atomic mass is 35.5. The van der Waals surface area contributed by atoms with E-state index in [1.807, 2.05) is 37.4 Å². The van der Waals surface area contributed by atoms with E-state index in [0.717, 1.165) is 18.0 Å². The van der Waals surface area contributed by atoms with Gasteiger partial charge in [-0.2, -0.15) is 5.10 Å². The molecule has 2 rings (SSSR count). The molecule has 0 aliphatic rings. The number of aromatic nitrogens is 2. The van der Waals surface area contributed by atoms with E-state index in [9.17, 15) is 0 Å². The average Bonchev–Trinajstić information content (AvgIpc) is 2.87. The molecule has 0 radical (unpaired) electrons. The molecule has 110 valence electrons. The molecule has 0 amide bonds. The highest BCUT2D eigenvalue weighted by Gasteiger charge is 1.99. The Bertz CT molecular complexity index is 499. The molecule has 0 bridgehead atoms. The van der Waals surface area contributed by atoms with Gasteiger partial charge in [0, 0.05) is 12.7 Å². The first-order valence-corrected chi connectivity index (χ1v) is 6.40. The zero-order valence-electron chi connectivity index (χ0n) is 11.5. The van der Waals surface area contributed by atoms with Crippen LogP contribution in [-0.2, 0) is 13.1 Å². The normalized spacial score (nSPS) is 9.90. The van der Waals surface area contributed by atoms with Gasteiger partial charge in [0.2, 0.25) is 0 Å². The lowest BCUT2D eigenvalue weighted by Crippen LogP contribution is -2.02. The Morgan fingerprint density at radius 1 is 1.30 bits per heavy atom. The van der Waals surface area contributed by atoms with Gasteiger partial charge < -0.3 is 15.2 Å². The first kappa shape index (κ1) is 16.3. The third-order valence-corrected chi connectivity index (χ3v) is 2.69. The zero-order chi connectivity index (χ0) is 13.5. The number of benzene rings is 1. The van der Waals surface area contributed by atoms with E-state index in [2.05, 4.69) is 10.4 Å². The van der Waals surface area contributed by atoms with Crippen LogP contribution in [-0.4, -0.2) is 28.1 Å². The van der Waals surface area contributed by atoms with Crippen LogP contribution in [0.15, 0.2) is 36.7 Å².